The smallest absolute Gasteiger partial charge is 0.0723 e. The van der Waals surface area contributed by atoms with Crippen LogP contribution in [0, 0.1) is 5.92 Å². The first-order valence-electron chi connectivity index (χ1n) is 8.10. The Morgan fingerprint density at radius 1 is 1.11 bits per heavy atom. The Hall–Kier alpha value is -0.0800. The van der Waals surface area contributed by atoms with Crippen molar-refractivity contribution in [2.24, 2.45) is 5.92 Å². The molecule has 1 aliphatic carbocycles. The minimum absolute atomic E-state index is 0.0169. The Morgan fingerprint density at radius 2 is 1.72 bits per heavy atom. The lowest BCUT2D eigenvalue weighted by atomic mass is 9.82. The van der Waals surface area contributed by atoms with Crippen LogP contribution in [0.5, 0.6) is 0 Å². The second-order valence-corrected chi connectivity index (χ2v) is 6.66. The molecule has 2 aliphatic rings. The Kier molecular flexibility index (Phi) is 5.08. The molecule has 1 aliphatic heterocycles. The van der Waals surface area contributed by atoms with Gasteiger partial charge in [0.2, 0.25) is 0 Å². The van der Waals surface area contributed by atoms with Gasteiger partial charge in [0.25, 0.3) is 0 Å². The molecule has 1 heterocycles. The van der Waals surface area contributed by atoms with E-state index in [4.69, 9.17) is 0 Å². The lowest BCUT2D eigenvalue weighted by molar-refractivity contribution is -0.0435. The van der Waals surface area contributed by atoms with Crippen LogP contribution in [0.1, 0.15) is 71.6 Å². The normalized spacial score (nSPS) is 28.2. The summed E-state index contributed by atoms with van der Waals surface area (Å²) in [5, 5.41) is 10.7. The van der Waals surface area contributed by atoms with E-state index in [2.05, 4.69) is 18.7 Å². The lowest BCUT2D eigenvalue weighted by Gasteiger charge is -2.46. The van der Waals surface area contributed by atoms with Gasteiger partial charge in [0.05, 0.1) is 6.10 Å². The van der Waals surface area contributed by atoms with Gasteiger partial charge in [-0.25, -0.2) is 0 Å². The van der Waals surface area contributed by atoms with Crippen LogP contribution in [-0.2, 0) is 0 Å². The number of nitrogens with zero attached hydrogens (tertiary/aromatic N) is 1. The molecule has 1 saturated heterocycles. The molecule has 0 aromatic carbocycles. The van der Waals surface area contributed by atoms with Crippen LogP contribution in [0.2, 0.25) is 0 Å². The highest BCUT2D eigenvalue weighted by Crippen LogP contribution is 2.35. The Labute approximate surface area is 113 Å². The van der Waals surface area contributed by atoms with Gasteiger partial charge in [0.1, 0.15) is 0 Å². The average molecular weight is 253 g/mol. The molecular weight excluding hydrogens is 222 g/mol. The van der Waals surface area contributed by atoms with Crippen molar-refractivity contribution < 1.29 is 5.11 Å². The van der Waals surface area contributed by atoms with Gasteiger partial charge in [-0.15, -0.1) is 0 Å². The molecule has 0 aromatic heterocycles. The van der Waals surface area contributed by atoms with Crippen molar-refractivity contribution in [3.05, 3.63) is 0 Å². The molecule has 2 heteroatoms. The first kappa shape index (κ1) is 14.3. The van der Waals surface area contributed by atoms with E-state index in [1.54, 1.807) is 0 Å². The molecule has 0 spiro atoms. The average Bonchev–Trinajstić information content (AvgIpc) is 2.91. The van der Waals surface area contributed by atoms with E-state index in [0.29, 0.717) is 0 Å². The monoisotopic (exact) mass is 253 g/mol. The molecule has 1 saturated carbocycles. The van der Waals surface area contributed by atoms with Gasteiger partial charge in [-0.3, -0.25) is 4.90 Å². The summed E-state index contributed by atoms with van der Waals surface area (Å²) in [7, 11) is 0. The number of aliphatic hydroxyl groups is 1. The maximum Gasteiger partial charge on any atom is 0.0723 e. The van der Waals surface area contributed by atoms with Gasteiger partial charge < -0.3 is 5.11 Å². The van der Waals surface area contributed by atoms with E-state index >= 15 is 0 Å². The van der Waals surface area contributed by atoms with Gasteiger partial charge >= 0.3 is 0 Å². The van der Waals surface area contributed by atoms with Crippen molar-refractivity contribution in [1.82, 2.24) is 4.90 Å². The van der Waals surface area contributed by atoms with Gasteiger partial charge in [-0.2, -0.15) is 0 Å². The molecule has 2 nitrogen and oxygen atoms in total. The maximum atomic E-state index is 10.7. The second-order valence-electron chi connectivity index (χ2n) is 6.66. The summed E-state index contributed by atoms with van der Waals surface area (Å²) in [5.41, 5.74) is 0.0169. The Balaban J connectivity index is 1.95. The zero-order valence-electron chi connectivity index (χ0n) is 12.3. The Bertz CT molecular complexity index is 243. The van der Waals surface area contributed by atoms with E-state index in [-0.39, 0.29) is 11.6 Å². The highest BCUT2D eigenvalue weighted by molar-refractivity contribution is 4.94. The minimum atomic E-state index is -0.135. The highest BCUT2D eigenvalue weighted by atomic mass is 16.3. The molecule has 1 N–H and O–H groups in total. The summed E-state index contributed by atoms with van der Waals surface area (Å²) in [6.07, 6.45) is 11.4. The van der Waals surface area contributed by atoms with Crippen molar-refractivity contribution >= 4 is 0 Å². The van der Waals surface area contributed by atoms with Gasteiger partial charge in [0, 0.05) is 5.54 Å². The number of likely N-dealkylation sites (tertiary alicyclic amines) is 1. The third-order valence-corrected chi connectivity index (χ3v) is 5.54. The second kappa shape index (κ2) is 6.38. The number of hydrogen-bond acceptors (Lipinski definition) is 2. The van der Waals surface area contributed by atoms with Crippen LogP contribution in [0.4, 0.5) is 0 Å². The fraction of sp³-hybridized carbons (Fsp3) is 1.00. The highest BCUT2D eigenvalue weighted by Gasteiger charge is 2.38. The topological polar surface area (TPSA) is 23.5 Å². The third-order valence-electron chi connectivity index (χ3n) is 5.54. The first-order valence-corrected chi connectivity index (χ1v) is 8.10. The van der Waals surface area contributed by atoms with Crippen molar-refractivity contribution in [2.45, 2.75) is 83.3 Å². The van der Waals surface area contributed by atoms with Crippen LogP contribution in [0.3, 0.4) is 0 Å². The number of rotatable bonds is 5. The molecule has 106 valence electrons. The quantitative estimate of drug-likeness (QED) is 0.809. The summed E-state index contributed by atoms with van der Waals surface area (Å²) in [6, 6.07) is 0. The molecule has 2 fully saturated rings. The standard InChI is InChI=1S/C16H31NO/c1-3-16(2,17-11-7-4-8-12-17)15(18)13-14-9-5-6-10-14/h14-15,18H,3-13H2,1-2H3. The van der Waals surface area contributed by atoms with Gasteiger partial charge in [-0.05, 0) is 51.6 Å². The van der Waals surface area contributed by atoms with Crippen molar-refractivity contribution in [2.75, 3.05) is 13.1 Å². The van der Waals surface area contributed by atoms with Crippen LogP contribution in [-0.4, -0.2) is 34.7 Å². The molecule has 2 atom stereocenters. The number of aliphatic hydroxyl groups excluding tert-OH is 1. The summed E-state index contributed by atoms with van der Waals surface area (Å²) >= 11 is 0. The summed E-state index contributed by atoms with van der Waals surface area (Å²) < 4.78 is 0. The predicted octanol–water partition coefficient (Wildman–Crippen LogP) is 3.58. The summed E-state index contributed by atoms with van der Waals surface area (Å²) in [5.74, 6) is 0.788. The van der Waals surface area contributed by atoms with Gasteiger partial charge in [0.15, 0.2) is 0 Å². The zero-order valence-corrected chi connectivity index (χ0v) is 12.3. The maximum absolute atomic E-state index is 10.7. The summed E-state index contributed by atoms with van der Waals surface area (Å²) in [4.78, 5) is 2.57. The lowest BCUT2D eigenvalue weighted by Crippen LogP contribution is -2.56. The molecule has 18 heavy (non-hydrogen) atoms. The number of piperidine rings is 1. The molecule has 0 aromatic rings. The van der Waals surface area contributed by atoms with Crippen molar-refractivity contribution in [1.29, 1.82) is 0 Å². The predicted molar refractivity (Wildman–Crippen MR) is 76.7 cm³/mol. The first-order chi connectivity index (χ1) is 8.66. The third kappa shape index (κ3) is 3.08. The molecule has 2 unspecified atom stereocenters. The van der Waals surface area contributed by atoms with Crippen LogP contribution in [0.25, 0.3) is 0 Å². The molecule has 2 rings (SSSR count). The van der Waals surface area contributed by atoms with Crippen LogP contribution >= 0.6 is 0 Å². The van der Waals surface area contributed by atoms with E-state index in [1.165, 1.54) is 58.0 Å². The SMILES string of the molecule is CCC(C)(C(O)CC1CCCC1)N1CCCCC1. The van der Waals surface area contributed by atoms with E-state index < -0.39 is 0 Å². The van der Waals surface area contributed by atoms with Gasteiger partial charge in [-0.1, -0.05) is 39.0 Å². The number of hydrogen-bond donors (Lipinski definition) is 1. The fourth-order valence-corrected chi connectivity index (χ4v) is 3.89. The van der Waals surface area contributed by atoms with Crippen molar-refractivity contribution in [3.8, 4) is 0 Å². The zero-order chi connectivity index (χ0) is 13.0. The van der Waals surface area contributed by atoms with Crippen LogP contribution in [0.15, 0.2) is 0 Å². The van der Waals surface area contributed by atoms with E-state index in [9.17, 15) is 5.11 Å². The largest absolute Gasteiger partial charge is 0.391 e. The Morgan fingerprint density at radius 3 is 2.28 bits per heavy atom. The van der Waals surface area contributed by atoms with Crippen LogP contribution < -0.4 is 0 Å². The van der Waals surface area contributed by atoms with E-state index in [1.807, 2.05) is 0 Å². The minimum Gasteiger partial charge on any atom is -0.391 e. The molecule has 0 bridgehead atoms. The van der Waals surface area contributed by atoms with Crippen molar-refractivity contribution in [3.63, 3.8) is 0 Å². The molecular formula is C16H31NO. The van der Waals surface area contributed by atoms with E-state index in [0.717, 1.165) is 18.8 Å². The molecule has 0 amide bonds. The fourth-order valence-electron chi connectivity index (χ4n) is 3.89. The molecule has 0 radical (unpaired) electrons. The summed E-state index contributed by atoms with van der Waals surface area (Å²) in [6.45, 7) is 6.91.